The SMILES string of the molecule is COc1ccccc1C[C@@H](C)N1CCC[C@H]1c1ccccc1. The van der Waals surface area contributed by atoms with Gasteiger partial charge < -0.3 is 4.74 Å². The maximum atomic E-state index is 5.50. The predicted octanol–water partition coefficient (Wildman–Crippen LogP) is 4.46. The van der Waals surface area contributed by atoms with Crippen LogP contribution in [0, 0.1) is 0 Å². The van der Waals surface area contributed by atoms with Gasteiger partial charge in [-0.15, -0.1) is 0 Å². The van der Waals surface area contributed by atoms with E-state index in [9.17, 15) is 0 Å². The van der Waals surface area contributed by atoms with E-state index in [-0.39, 0.29) is 0 Å². The van der Waals surface area contributed by atoms with Crippen molar-refractivity contribution in [3.05, 3.63) is 65.7 Å². The second-order valence-electron chi connectivity index (χ2n) is 6.17. The molecule has 0 amide bonds. The van der Waals surface area contributed by atoms with E-state index < -0.39 is 0 Å². The smallest absolute Gasteiger partial charge is 0.122 e. The molecule has 0 radical (unpaired) electrons. The van der Waals surface area contributed by atoms with Crippen LogP contribution in [-0.4, -0.2) is 24.6 Å². The molecule has 22 heavy (non-hydrogen) atoms. The lowest BCUT2D eigenvalue weighted by Gasteiger charge is -2.31. The largest absolute Gasteiger partial charge is 0.496 e. The molecule has 1 aliphatic rings. The van der Waals surface area contributed by atoms with E-state index in [4.69, 9.17) is 4.74 Å². The first-order valence-corrected chi connectivity index (χ1v) is 8.22. The first-order chi connectivity index (χ1) is 10.8. The lowest BCUT2D eigenvalue weighted by Crippen LogP contribution is -2.34. The van der Waals surface area contributed by atoms with Crippen molar-refractivity contribution in [1.82, 2.24) is 4.90 Å². The summed E-state index contributed by atoms with van der Waals surface area (Å²) in [6.07, 6.45) is 3.59. The van der Waals surface area contributed by atoms with Crippen molar-refractivity contribution in [1.29, 1.82) is 0 Å². The Morgan fingerprint density at radius 1 is 1.09 bits per heavy atom. The molecule has 1 heterocycles. The van der Waals surface area contributed by atoms with Crippen molar-refractivity contribution in [2.45, 2.75) is 38.3 Å². The lowest BCUT2D eigenvalue weighted by atomic mass is 10.0. The molecule has 116 valence electrons. The van der Waals surface area contributed by atoms with Crippen LogP contribution < -0.4 is 4.74 Å². The minimum Gasteiger partial charge on any atom is -0.496 e. The zero-order valence-electron chi connectivity index (χ0n) is 13.5. The van der Waals surface area contributed by atoms with Crippen molar-refractivity contribution < 1.29 is 4.74 Å². The molecule has 0 bridgehead atoms. The normalized spacial score (nSPS) is 20.0. The molecular formula is C20H25NO. The van der Waals surface area contributed by atoms with Crippen LogP contribution in [0.25, 0.3) is 0 Å². The molecule has 2 aromatic rings. The number of rotatable bonds is 5. The van der Waals surface area contributed by atoms with E-state index in [0.717, 1.165) is 12.2 Å². The highest BCUT2D eigenvalue weighted by Crippen LogP contribution is 2.34. The number of benzene rings is 2. The molecular weight excluding hydrogens is 270 g/mol. The van der Waals surface area contributed by atoms with E-state index in [1.54, 1.807) is 7.11 Å². The van der Waals surface area contributed by atoms with Gasteiger partial charge in [0.25, 0.3) is 0 Å². The van der Waals surface area contributed by atoms with Crippen LogP contribution in [0.5, 0.6) is 5.75 Å². The first kappa shape index (κ1) is 15.1. The van der Waals surface area contributed by atoms with Crippen molar-refractivity contribution in [3.63, 3.8) is 0 Å². The van der Waals surface area contributed by atoms with Crippen molar-refractivity contribution in [3.8, 4) is 5.75 Å². The third kappa shape index (κ3) is 3.17. The maximum absolute atomic E-state index is 5.50. The Morgan fingerprint density at radius 2 is 1.82 bits per heavy atom. The van der Waals surface area contributed by atoms with Crippen molar-refractivity contribution >= 4 is 0 Å². The molecule has 2 nitrogen and oxygen atoms in total. The Bertz CT molecular complexity index is 596. The average Bonchev–Trinajstić information content (AvgIpc) is 3.06. The van der Waals surface area contributed by atoms with Crippen LogP contribution in [0.3, 0.4) is 0 Å². The van der Waals surface area contributed by atoms with E-state index in [0.29, 0.717) is 12.1 Å². The van der Waals surface area contributed by atoms with Crippen molar-refractivity contribution in [2.24, 2.45) is 0 Å². The predicted molar refractivity (Wildman–Crippen MR) is 91.3 cm³/mol. The standard InChI is InChI=1S/C20H25NO/c1-16(15-18-11-6-7-13-20(18)22-2)21-14-8-12-19(21)17-9-4-3-5-10-17/h3-7,9-11,13,16,19H,8,12,14-15H2,1-2H3/t16-,19+/m1/s1. The molecule has 0 aromatic heterocycles. The number of nitrogens with zero attached hydrogens (tertiary/aromatic N) is 1. The van der Waals surface area contributed by atoms with E-state index >= 15 is 0 Å². The zero-order chi connectivity index (χ0) is 15.4. The fourth-order valence-electron chi connectivity index (χ4n) is 3.66. The van der Waals surface area contributed by atoms with Gasteiger partial charge in [0.2, 0.25) is 0 Å². The third-order valence-corrected chi connectivity index (χ3v) is 4.75. The Balaban J connectivity index is 1.75. The number of likely N-dealkylation sites (tertiary alicyclic amines) is 1. The minimum absolute atomic E-state index is 0.518. The summed E-state index contributed by atoms with van der Waals surface area (Å²) in [5.74, 6) is 1.00. The summed E-state index contributed by atoms with van der Waals surface area (Å²) in [6, 6.07) is 20.4. The molecule has 3 rings (SSSR count). The summed E-state index contributed by atoms with van der Waals surface area (Å²) in [7, 11) is 1.76. The van der Waals surface area contributed by atoms with Crippen LogP contribution in [0.15, 0.2) is 54.6 Å². The zero-order valence-corrected chi connectivity index (χ0v) is 13.5. The van der Waals surface area contributed by atoms with Crippen LogP contribution in [0.1, 0.15) is 36.9 Å². The highest BCUT2D eigenvalue weighted by atomic mass is 16.5. The van der Waals surface area contributed by atoms with Crippen LogP contribution >= 0.6 is 0 Å². The van der Waals surface area contributed by atoms with Gasteiger partial charge in [-0.25, -0.2) is 0 Å². The fraction of sp³-hybridized carbons (Fsp3) is 0.400. The molecule has 1 saturated heterocycles. The van der Waals surface area contributed by atoms with Crippen LogP contribution in [0.4, 0.5) is 0 Å². The highest BCUT2D eigenvalue weighted by molar-refractivity contribution is 5.34. The molecule has 2 aromatic carbocycles. The molecule has 0 unspecified atom stereocenters. The summed E-state index contributed by atoms with van der Waals surface area (Å²) >= 11 is 0. The average molecular weight is 295 g/mol. The Kier molecular flexibility index (Phi) is 4.79. The Hall–Kier alpha value is -1.80. The third-order valence-electron chi connectivity index (χ3n) is 4.75. The van der Waals surface area contributed by atoms with Gasteiger partial charge in [-0.3, -0.25) is 4.90 Å². The lowest BCUT2D eigenvalue weighted by molar-refractivity contribution is 0.190. The van der Waals surface area contributed by atoms with Gasteiger partial charge in [0.15, 0.2) is 0 Å². The van der Waals surface area contributed by atoms with Gasteiger partial charge in [-0.05, 0) is 49.9 Å². The van der Waals surface area contributed by atoms with Crippen LogP contribution in [-0.2, 0) is 6.42 Å². The number of hydrogen-bond acceptors (Lipinski definition) is 2. The second kappa shape index (κ2) is 6.97. The Labute approximate surface area is 133 Å². The highest BCUT2D eigenvalue weighted by Gasteiger charge is 2.29. The molecule has 2 heteroatoms. The summed E-state index contributed by atoms with van der Waals surface area (Å²) in [5, 5.41) is 0. The van der Waals surface area contributed by atoms with E-state index in [1.807, 2.05) is 6.07 Å². The number of hydrogen-bond donors (Lipinski definition) is 0. The quantitative estimate of drug-likeness (QED) is 0.807. The molecule has 0 N–H and O–H groups in total. The minimum atomic E-state index is 0.518. The van der Waals surface area contributed by atoms with Gasteiger partial charge in [0.1, 0.15) is 5.75 Å². The van der Waals surface area contributed by atoms with Crippen LogP contribution in [0.2, 0.25) is 0 Å². The van der Waals surface area contributed by atoms with E-state index in [1.165, 1.54) is 30.5 Å². The molecule has 0 spiro atoms. The summed E-state index contributed by atoms with van der Waals surface area (Å²) < 4.78 is 5.50. The topological polar surface area (TPSA) is 12.5 Å². The number of ether oxygens (including phenoxy) is 1. The van der Waals surface area contributed by atoms with Gasteiger partial charge >= 0.3 is 0 Å². The second-order valence-corrected chi connectivity index (χ2v) is 6.17. The maximum Gasteiger partial charge on any atom is 0.122 e. The number of methoxy groups -OCH3 is 1. The summed E-state index contributed by atoms with van der Waals surface area (Å²) in [6.45, 7) is 3.53. The first-order valence-electron chi connectivity index (χ1n) is 8.22. The van der Waals surface area contributed by atoms with E-state index in [2.05, 4.69) is 60.4 Å². The number of para-hydroxylation sites is 1. The van der Waals surface area contributed by atoms with Gasteiger partial charge in [-0.2, -0.15) is 0 Å². The molecule has 1 fully saturated rings. The molecule has 0 aliphatic carbocycles. The van der Waals surface area contributed by atoms with Gasteiger partial charge in [0.05, 0.1) is 7.11 Å². The Morgan fingerprint density at radius 3 is 2.59 bits per heavy atom. The fourth-order valence-corrected chi connectivity index (χ4v) is 3.66. The summed E-state index contributed by atoms with van der Waals surface area (Å²) in [4.78, 5) is 2.65. The molecule has 1 aliphatic heterocycles. The monoisotopic (exact) mass is 295 g/mol. The van der Waals surface area contributed by atoms with Gasteiger partial charge in [-0.1, -0.05) is 48.5 Å². The molecule has 2 atom stereocenters. The molecule has 0 saturated carbocycles. The summed E-state index contributed by atoms with van der Waals surface area (Å²) in [5.41, 5.74) is 2.75. The van der Waals surface area contributed by atoms with Crippen molar-refractivity contribution in [2.75, 3.05) is 13.7 Å². The van der Waals surface area contributed by atoms with Gasteiger partial charge in [0, 0.05) is 12.1 Å².